The Morgan fingerprint density at radius 3 is 2.58 bits per heavy atom. The van der Waals surface area contributed by atoms with Crippen molar-refractivity contribution in [3.8, 4) is 0 Å². The van der Waals surface area contributed by atoms with Crippen molar-refractivity contribution in [3.63, 3.8) is 0 Å². The van der Waals surface area contributed by atoms with Crippen LogP contribution in [0, 0.1) is 31.6 Å². The fraction of sp³-hybridized carbons (Fsp3) is 0.714. The third-order valence-corrected chi connectivity index (χ3v) is 6.69. The maximum atomic E-state index is 12.4. The van der Waals surface area contributed by atoms with Crippen LogP contribution in [0.4, 0.5) is 0 Å². The van der Waals surface area contributed by atoms with Crippen LogP contribution in [-0.4, -0.2) is 40.7 Å². The Balaban J connectivity index is 1.71. The monoisotopic (exact) mass is 358 g/mol. The van der Waals surface area contributed by atoms with Gasteiger partial charge in [-0.3, -0.25) is 9.48 Å². The maximum Gasteiger partial charge on any atom is 0.223 e. The van der Waals surface area contributed by atoms with E-state index in [1.807, 2.05) is 23.7 Å². The fourth-order valence-corrected chi connectivity index (χ4v) is 4.94. The number of rotatable bonds is 5. The van der Waals surface area contributed by atoms with Crippen molar-refractivity contribution >= 4 is 5.91 Å². The largest absolute Gasteiger partial charge is 0.338 e. The number of carbonyl (C=O) groups excluding carboxylic acids is 1. The summed E-state index contributed by atoms with van der Waals surface area (Å²) in [6, 6.07) is 0.129. The minimum atomic E-state index is 0.129. The molecule has 1 aliphatic heterocycles. The molecule has 1 amide bonds. The summed E-state index contributed by atoms with van der Waals surface area (Å²) in [6.07, 6.45) is 5.51. The van der Waals surface area contributed by atoms with Gasteiger partial charge in [-0.15, -0.1) is 0 Å². The first kappa shape index (κ1) is 19.2. The van der Waals surface area contributed by atoms with E-state index in [4.69, 9.17) is 0 Å². The van der Waals surface area contributed by atoms with Crippen LogP contribution in [0.25, 0.3) is 0 Å². The minimum absolute atomic E-state index is 0.129. The summed E-state index contributed by atoms with van der Waals surface area (Å²) in [5, 5.41) is 8.27. The van der Waals surface area contributed by atoms with Gasteiger partial charge in [-0.05, 0) is 45.4 Å². The number of aromatic nitrogens is 2. The van der Waals surface area contributed by atoms with Gasteiger partial charge in [-0.1, -0.05) is 18.6 Å². The number of nitrogens with one attached hydrogen (secondary N) is 1. The summed E-state index contributed by atoms with van der Waals surface area (Å²) >= 11 is 0. The highest BCUT2D eigenvalue weighted by atomic mass is 16.2. The van der Waals surface area contributed by atoms with Crippen LogP contribution in [0.1, 0.15) is 56.1 Å². The number of carbonyl (C=O) groups is 1. The molecule has 1 N–H and O–H groups in total. The van der Waals surface area contributed by atoms with Crippen LogP contribution in [-0.2, 0) is 11.8 Å². The standard InChI is InChI=1S/C21H34N4O/c1-13-8-7-9-14(2)18(13)12-22-11-17-10-19(26)24(5)21(17)20-15(3)23-25(6)16(20)4/h8,14,17-18,21-22H,7,9-12H2,1-6H3/t14?,17-,18?,21+/m0/s1. The molecule has 2 aliphatic rings. The number of nitrogens with zero attached hydrogens (tertiary/aromatic N) is 3. The van der Waals surface area contributed by atoms with E-state index in [-0.39, 0.29) is 11.9 Å². The molecule has 0 bridgehead atoms. The molecule has 2 heterocycles. The molecule has 1 aromatic heterocycles. The van der Waals surface area contributed by atoms with Crippen molar-refractivity contribution in [2.75, 3.05) is 20.1 Å². The summed E-state index contributed by atoms with van der Waals surface area (Å²) in [7, 11) is 3.92. The van der Waals surface area contributed by atoms with Gasteiger partial charge in [0.15, 0.2) is 0 Å². The highest BCUT2D eigenvalue weighted by molar-refractivity contribution is 5.79. The first-order valence-corrected chi connectivity index (χ1v) is 9.94. The molecule has 1 aromatic rings. The third kappa shape index (κ3) is 3.46. The fourth-order valence-electron chi connectivity index (χ4n) is 4.94. The zero-order valence-corrected chi connectivity index (χ0v) is 17.2. The second-order valence-electron chi connectivity index (χ2n) is 8.39. The lowest BCUT2D eigenvalue weighted by Gasteiger charge is -2.30. The molecule has 0 saturated carbocycles. The second-order valence-corrected chi connectivity index (χ2v) is 8.39. The number of aryl methyl sites for hydroxylation is 2. The molecule has 1 fully saturated rings. The molecule has 0 radical (unpaired) electrons. The lowest BCUT2D eigenvalue weighted by molar-refractivity contribution is -0.127. The summed E-state index contributed by atoms with van der Waals surface area (Å²) < 4.78 is 1.93. The Morgan fingerprint density at radius 2 is 1.96 bits per heavy atom. The van der Waals surface area contributed by atoms with Crippen molar-refractivity contribution in [2.45, 2.75) is 53.0 Å². The summed E-state index contributed by atoms with van der Waals surface area (Å²) in [6.45, 7) is 10.7. The lowest BCUT2D eigenvalue weighted by atomic mass is 9.80. The molecular weight excluding hydrogens is 324 g/mol. The van der Waals surface area contributed by atoms with E-state index in [1.165, 1.54) is 29.7 Å². The predicted molar refractivity (Wildman–Crippen MR) is 105 cm³/mol. The zero-order chi connectivity index (χ0) is 19.0. The Morgan fingerprint density at radius 1 is 1.23 bits per heavy atom. The molecule has 2 unspecified atom stereocenters. The topological polar surface area (TPSA) is 50.2 Å². The number of allylic oxidation sites excluding steroid dienone is 1. The number of hydrogen-bond donors (Lipinski definition) is 1. The van der Waals surface area contributed by atoms with Crippen LogP contribution >= 0.6 is 0 Å². The van der Waals surface area contributed by atoms with Gasteiger partial charge in [0, 0.05) is 50.8 Å². The van der Waals surface area contributed by atoms with Gasteiger partial charge in [0.1, 0.15) is 0 Å². The molecule has 4 atom stereocenters. The first-order chi connectivity index (χ1) is 12.3. The number of hydrogen-bond acceptors (Lipinski definition) is 3. The Kier molecular flexibility index (Phi) is 5.56. The van der Waals surface area contributed by atoms with Gasteiger partial charge in [0.25, 0.3) is 0 Å². The first-order valence-electron chi connectivity index (χ1n) is 9.94. The van der Waals surface area contributed by atoms with Gasteiger partial charge >= 0.3 is 0 Å². The SMILES string of the molecule is CC1=CCCC(C)C1CNC[C@@H]1CC(=O)N(C)[C@H]1c1c(C)nn(C)c1C. The average molecular weight is 359 g/mol. The van der Waals surface area contributed by atoms with Crippen LogP contribution in [0.5, 0.6) is 0 Å². The molecule has 1 saturated heterocycles. The van der Waals surface area contributed by atoms with Gasteiger partial charge in [-0.2, -0.15) is 5.10 Å². The molecule has 1 aliphatic carbocycles. The molecule has 0 spiro atoms. The maximum absolute atomic E-state index is 12.4. The van der Waals surface area contributed by atoms with Crippen molar-refractivity contribution in [1.82, 2.24) is 20.0 Å². The van der Waals surface area contributed by atoms with Crippen molar-refractivity contribution in [3.05, 3.63) is 28.6 Å². The molecule has 144 valence electrons. The molecule has 5 nitrogen and oxygen atoms in total. The van der Waals surface area contributed by atoms with Gasteiger partial charge in [-0.25, -0.2) is 0 Å². The van der Waals surface area contributed by atoms with E-state index in [1.54, 1.807) is 0 Å². The predicted octanol–water partition coefficient (Wildman–Crippen LogP) is 3.14. The zero-order valence-electron chi connectivity index (χ0n) is 17.2. The summed E-state index contributed by atoms with van der Waals surface area (Å²) in [5.74, 6) is 1.90. The van der Waals surface area contributed by atoms with Crippen LogP contribution in [0.15, 0.2) is 11.6 Å². The highest BCUT2D eigenvalue weighted by Crippen LogP contribution is 2.39. The van der Waals surface area contributed by atoms with Crippen molar-refractivity contribution < 1.29 is 4.79 Å². The Bertz CT molecular complexity index is 705. The third-order valence-electron chi connectivity index (χ3n) is 6.69. The quantitative estimate of drug-likeness (QED) is 0.823. The summed E-state index contributed by atoms with van der Waals surface area (Å²) in [5.41, 5.74) is 4.96. The highest BCUT2D eigenvalue weighted by Gasteiger charge is 2.40. The molecule has 5 heteroatoms. The Labute approximate surface area is 157 Å². The molecule has 3 rings (SSSR count). The van der Waals surface area contributed by atoms with Crippen molar-refractivity contribution in [2.24, 2.45) is 24.8 Å². The van der Waals surface area contributed by atoms with Crippen molar-refractivity contribution in [1.29, 1.82) is 0 Å². The molecule has 26 heavy (non-hydrogen) atoms. The smallest absolute Gasteiger partial charge is 0.223 e. The average Bonchev–Trinajstić information content (AvgIpc) is 2.99. The lowest BCUT2D eigenvalue weighted by Crippen LogP contribution is -2.34. The van der Waals surface area contributed by atoms with E-state index in [0.717, 1.165) is 24.7 Å². The van der Waals surface area contributed by atoms with Gasteiger partial charge in [0.05, 0.1) is 11.7 Å². The van der Waals surface area contributed by atoms with Gasteiger partial charge in [0.2, 0.25) is 5.91 Å². The van der Waals surface area contributed by atoms with E-state index < -0.39 is 0 Å². The van der Waals surface area contributed by atoms with Crippen LogP contribution in [0.3, 0.4) is 0 Å². The molecular formula is C21H34N4O. The number of likely N-dealkylation sites (tertiary alicyclic amines) is 1. The molecule has 0 aromatic carbocycles. The van der Waals surface area contributed by atoms with Gasteiger partial charge < -0.3 is 10.2 Å². The second kappa shape index (κ2) is 7.55. The normalized spacial score (nSPS) is 29.4. The van der Waals surface area contributed by atoms with E-state index in [2.05, 4.69) is 44.2 Å². The minimum Gasteiger partial charge on any atom is -0.338 e. The van der Waals surface area contributed by atoms with E-state index in [9.17, 15) is 4.79 Å². The van der Waals surface area contributed by atoms with Crippen LogP contribution < -0.4 is 5.32 Å². The van der Waals surface area contributed by atoms with Crippen LogP contribution in [0.2, 0.25) is 0 Å². The summed E-state index contributed by atoms with van der Waals surface area (Å²) in [4.78, 5) is 14.4. The Hall–Kier alpha value is -1.62. The van der Waals surface area contributed by atoms with E-state index in [0.29, 0.717) is 18.3 Å². The number of amides is 1. The van der Waals surface area contributed by atoms with E-state index >= 15 is 0 Å².